The Hall–Kier alpha value is -8.20. The van der Waals surface area contributed by atoms with E-state index in [-0.39, 0.29) is 0 Å². The van der Waals surface area contributed by atoms with Crippen LogP contribution in [0.1, 0.15) is 44.5 Å². The summed E-state index contributed by atoms with van der Waals surface area (Å²) in [6.07, 6.45) is 0. The maximum atomic E-state index is 4.49. The summed E-state index contributed by atoms with van der Waals surface area (Å²) < 4.78 is 0. The molecule has 0 aliphatic heterocycles. The molecule has 0 radical (unpaired) electrons. The van der Waals surface area contributed by atoms with E-state index < -0.39 is 0 Å². The zero-order chi connectivity index (χ0) is 45.1. The van der Waals surface area contributed by atoms with Crippen LogP contribution >= 0.6 is 0 Å². The molecule has 2 heteroatoms. The summed E-state index contributed by atoms with van der Waals surface area (Å²) in [4.78, 5) is 4.81. The summed E-state index contributed by atoms with van der Waals surface area (Å²) in [5.41, 5.74) is 18.1. The summed E-state index contributed by atoms with van der Waals surface area (Å²) in [6, 6.07) is 75.7. The van der Waals surface area contributed by atoms with E-state index in [1.165, 1.54) is 65.3 Å². The van der Waals surface area contributed by atoms with Gasteiger partial charge in [-0.25, -0.2) is 0 Å². The standard InChI is InChI=1S/C64H50N2/c1-41-13-21-47(22-14-41)45(5)49-25-33-53(34-26-49)65(51-29-17-43(3)18-30-51)61-39-37-57-56-10-8-12-60-62(40-38-58(64(56)60)55-9-7-11-59(61)63(55)57)66(52-31-19-44(4)20-32-52)54-35-27-50(28-36-54)46(6)48-23-15-42(2)16-24-48/h7-40H,5-6H2,1-4H3. The fraction of sp³-hybridized carbons (Fsp3) is 0.0625. The summed E-state index contributed by atoms with van der Waals surface area (Å²) >= 11 is 0. The maximum Gasteiger partial charge on any atom is 0.0540 e. The van der Waals surface area contributed by atoms with Crippen molar-refractivity contribution in [3.05, 3.63) is 264 Å². The Labute approximate surface area is 388 Å². The third-order valence-corrected chi connectivity index (χ3v) is 13.4. The highest BCUT2D eigenvalue weighted by Gasteiger charge is 2.23. The molecule has 11 rings (SSSR count). The minimum Gasteiger partial charge on any atom is -0.310 e. The van der Waals surface area contributed by atoms with Gasteiger partial charge in [0.15, 0.2) is 0 Å². The molecule has 0 heterocycles. The number of hydrogen-bond donors (Lipinski definition) is 0. The fourth-order valence-electron chi connectivity index (χ4n) is 9.78. The highest BCUT2D eigenvalue weighted by molar-refractivity contribution is 6.35. The normalized spacial score (nSPS) is 11.5. The molecule has 0 saturated heterocycles. The van der Waals surface area contributed by atoms with Gasteiger partial charge in [0, 0.05) is 33.5 Å². The minimum atomic E-state index is 1.01. The van der Waals surface area contributed by atoms with E-state index in [1.807, 2.05) is 0 Å². The Morgan fingerprint density at radius 2 is 0.515 bits per heavy atom. The molecule has 0 atom stereocenters. The van der Waals surface area contributed by atoms with Crippen LogP contribution in [0.5, 0.6) is 0 Å². The van der Waals surface area contributed by atoms with Crippen molar-refractivity contribution in [2.75, 3.05) is 9.80 Å². The van der Waals surface area contributed by atoms with Crippen molar-refractivity contribution in [1.82, 2.24) is 0 Å². The fourth-order valence-corrected chi connectivity index (χ4v) is 9.78. The zero-order valence-corrected chi connectivity index (χ0v) is 37.9. The van der Waals surface area contributed by atoms with E-state index in [0.717, 1.165) is 67.5 Å². The second-order valence-corrected chi connectivity index (χ2v) is 17.8. The molecular formula is C64H50N2. The summed E-state index contributed by atoms with van der Waals surface area (Å²) in [5.74, 6) is 0. The van der Waals surface area contributed by atoms with Crippen LogP contribution in [0.15, 0.2) is 219 Å². The molecule has 0 saturated carbocycles. The molecule has 0 N–H and O–H groups in total. The van der Waals surface area contributed by atoms with E-state index >= 15 is 0 Å². The Kier molecular flexibility index (Phi) is 10.1. The van der Waals surface area contributed by atoms with Gasteiger partial charge >= 0.3 is 0 Å². The van der Waals surface area contributed by atoms with Crippen LogP contribution in [0.2, 0.25) is 0 Å². The number of benzene rings is 11. The molecule has 0 fully saturated rings. The Bertz CT molecular complexity index is 3330. The highest BCUT2D eigenvalue weighted by Crippen LogP contribution is 2.49. The van der Waals surface area contributed by atoms with Crippen LogP contribution in [0, 0.1) is 27.7 Å². The van der Waals surface area contributed by atoms with E-state index in [1.54, 1.807) is 0 Å². The predicted octanol–water partition coefficient (Wildman–Crippen LogP) is 18.0. The average molecular weight is 847 g/mol. The summed E-state index contributed by atoms with van der Waals surface area (Å²) in [6.45, 7) is 17.5. The zero-order valence-electron chi connectivity index (χ0n) is 37.9. The second kappa shape index (κ2) is 16.4. The number of anilines is 6. The van der Waals surface area contributed by atoms with Crippen molar-refractivity contribution in [1.29, 1.82) is 0 Å². The van der Waals surface area contributed by atoms with Gasteiger partial charge in [-0.3, -0.25) is 0 Å². The van der Waals surface area contributed by atoms with Gasteiger partial charge in [0.05, 0.1) is 11.4 Å². The summed E-state index contributed by atoms with van der Waals surface area (Å²) in [7, 11) is 0. The van der Waals surface area contributed by atoms with Crippen molar-refractivity contribution in [2.24, 2.45) is 0 Å². The topological polar surface area (TPSA) is 6.48 Å². The van der Waals surface area contributed by atoms with Gasteiger partial charge in [0.2, 0.25) is 0 Å². The highest BCUT2D eigenvalue weighted by atomic mass is 15.1. The predicted molar refractivity (Wildman–Crippen MR) is 285 cm³/mol. The Morgan fingerprint density at radius 3 is 0.833 bits per heavy atom. The lowest BCUT2D eigenvalue weighted by Gasteiger charge is -2.29. The van der Waals surface area contributed by atoms with Crippen LogP contribution in [0.4, 0.5) is 34.1 Å². The lowest BCUT2D eigenvalue weighted by molar-refractivity contribution is 1.29. The smallest absolute Gasteiger partial charge is 0.0540 e. The van der Waals surface area contributed by atoms with Crippen molar-refractivity contribution in [3.63, 3.8) is 0 Å². The Balaban J connectivity index is 1.05. The van der Waals surface area contributed by atoms with Gasteiger partial charge in [0.1, 0.15) is 0 Å². The van der Waals surface area contributed by atoms with Crippen LogP contribution in [0.3, 0.4) is 0 Å². The molecule has 0 amide bonds. The van der Waals surface area contributed by atoms with E-state index in [9.17, 15) is 0 Å². The third-order valence-electron chi connectivity index (χ3n) is 13.4. The quantitative estimate of drug-likeness (QED) is 0.0999. The molecule has 0 spiro atoms. The third kappa shape index (κ3) is 7.08. The molecule has 316 valence electrons. The Morgan fingerprint density at radius 1 is 0.273 bits per heavy atom. The van der Waals surface area contributed by atoms with Crippen LogP contribution in [-0.4, -0.2) is 0 Å². The maximum absolute atomic E-state index is 4.49. The number of nitrogens with zero attached hydrogens (tertiary/aromatic N) is 2. The second-order valence-electron chi connectivity index (χ2n) is 17.8. The van der Waals surface area contributed by atoms with Gasteiger partial charge < -0.3 is 9.80 Å². The van der Waals surface area contributed by atoms with E-state index in [0.29, 0.717) is 0 Å². The number of rotatable bonds is 10. The van der Waals surface area contributed by atoms with Crippen molar-refractivity contribution >= 4 is 88.4 Å². The largest absolute Gasteiger partial charge is 0.310 e. The van der Waals surface area contributed by atoms with E-state index in [2.05, 4.69) is 257 Å². The molecule has 66 heavy (non-hydrogen) atoms. The minimum absolute atomic E-state index is 1.01. The number of aryl methyl sites for hydroxylation is 4. The molecule has 2 nitrogen and oxygen atoms in total. The molecule has 11 aromatic carbocycles. The molecule has 0 aliphatic carbocycles. The van der Waals surface area contributed by atoms with Gasteiger partial charge in [-0.05, 0) is 154 Å². The molecule has 0 aliphatic rings. The van der Waals surface area contributed by atoms with Gasteiger partial charge in [-0.2, -0.15) is 0 Å². The van der Waals surface area contributed by atoms with Gasteiger partial charge in [0.25, 0.3) is 0 Å². The first kappa shape index (κ1) is 40.6. The lowest BCUT2D eigenvalue weighted by Crippen LogP contribution is -2.11. The summed E-state index contributed by atoms with van der Waals surface area (Å²) in [5, 5.41) is 9.93. The first-order chi connectivity index (χ1) is 32.2. The van der Waals surface area contributed by atoms with E-state index in [4.69, 9.17) is 0 Å². The lowest BCUT2D eigenvalue weighted by atomic mass is 9.88. The molecular weight excluding hydrogens is 797 g/mol. The number of hydrogen-bond acceptors (Lipinski definition) is 2. The first-order valence-corrected chi connectivity index (χ1v) is 22.8. The molecule has 0 unspecified atom stereocenters. The molecule has 0 aromatic heterocycles. The monoisotopic (exact) mass is 846 g/mol. The van der Waals surface area contributed by atoms with Crippen molar-refractivity contribution in [2.45, 2.75) is 27.7 Å². The average Bonchev–Trinajstić information content (AvgIpc) is 3.35. The van der Waals surface area contributed by atoms with Gasteiger partial charge in [-0.1, -0.05) is 181 Å². The molecule has 11 aromatic rings. The van der Waals surface area contributed by atoms with Crippen molar-refractivity contribution < 1.29 is 0 Å². The van der Waals surface area contributed by atoms with Gasteiger partial charge in [-0.15, -0.1) is 0 Å². The van der Waals surface area contributed by atoms with Crippen LogP contribution in [0.25, 0.3) is 54.2 Å². The SMILES string of the molecule is C=C(c1ccc(C)cc1)c1ccc(N(c2ccc(C)cc2)c2ccc3c4cccc5c(N(c6ccc(C)cc6)c6ccc(C(=C)c7ccc(C)cc7)cc6)ccc(c6cccc2c63)c54)cc1. The molecule has 0 bridgehead atoms. The van der Waals surface area contributed by atoms with Crippen LogP contribution in [-0.2, 0) is 0 Å². The van der Waals surface area contributed by atoms with Crippen LogP contribution < -0.4 is 9.80 Å². The van der Waals surface area contributed by atoms with Crippen molar-refractivity contribution in [3.8, 4) is 0 Å². The first-order valence-electron chi connectivity index (χ1n) is 22.8. The number of fused-ring (bicyclic) bond motifs is 2.